The zero-order valence-corrected chi connectivity index (χ0v) is 11.2. The molecule has 96 valence electrons. The minimum Gasteiger partial charge on any atom is -0.386 e. The van der Waals surface area contributed by atoms with Gasteiger partial charge in [0, 0.05) is 12.5 Å². The van der Waals surface area contributed by atoms with Gasteiger partial charge in [-0.15, -0.1) is 0 Å². The van der Waals surface area contributed by atoms with Gasteiger partial charge in [0.05, 0.1) is 24.3 Å². The first kappa shape index (κ1) is 12.8. The van der Waals surface area contributed by atoms with E-state index in [1.165, 1.54) is 5.56 Å². The first-order chi connectivity index (χ1) is 8.58. The fraction of sp³-hybridized carbons (Fsp3) is 0.400. The van der Waals surface area contributed by atoms with Gasteiger partial charge < -0.3 is 9.67 Å². The summed E-state index contributed by atoms with van der Waals surface area (Å²) in [6.45, 7) is 6.24. The summed E-state index contributed by atoms with van der Waals surface area (Å²) in [7, 11) is 0. The van der Waals surface area contributed by atoms with Crippen LogP contribution in [-0.4, -0.2) is 14.7 Å². The monoisotopic (exact) mass is 244 g/mol. The third kappa shape index (κ3) is 2.79. The summed E-state index contributed by atoms with van der Waals surface area (Å²) >= 11 is 0. The van der Waals surface area contributed by atoms with Gasteiger partial charge in [-0.25, -0.2) is 4.98 Å². The van der Waals surface area contributed by atoms with E-state index in [0.29, 0.717) is 12.5 Å². The Morgan fingerprint density at radius 3 is 2.78 bits per heavy atom. The van der Waals surface area contributed by atoms with E-state index in [0.717, 1.165) is 11.3 Å². The minimum absolute atomic E-state index is 0.314. The van der Waals surface area contributed by atoms with Crippen molar-refractivity contribution < 1.29 is 5.11 Å². The van der Waals surface area contributed by atoms with Crippen molar-refractivity contribution in [1.82, 2.24) is 9.55 Å². The summed E-state index contributed by atoms with van der Waals surface area (Å²) in [4.78, 5) is 4.13. The Labute approximate surface area is 108 Å². The average Bonchev–Trinajstić information content (AvgIpc) is 2.77. The Kier molecular flexibility index (Phi) is 3.82. The van der Waals surface area contributed by atoms with E-state index < -0.39 is 6.10 Å². The van der Waals surface area contributed by atoms with E-state index >= 15 is 0 Å². The van der Waals surface area contributed by atoms with Gasteiger partial charge in [0.1, 0.15) is 0 Å². The van der Waals surface area contributed by atoms with Crippen LogP contribution in [0.5, 0.6) is 0 Å². The predicted molar refractivity (Wildman–Crippen MR) is 72.5 cm³/mol. The topological polar surface area (TPSA) is 38.1 Å². The van der Waals surface area contributed by atoms with E-state index in [1.807, 2.05) is 16.7 Å². The second-order valence-corrected chi connectivity index (χ2v) is 5.03. The zero-order chi connectivity index (χ0) is 13.1. The van der Waals surface area contributed by atoms with Crippen molar-refractivity contribution in [3.8, 4) is 0 Å². The molecule has 2 rings (SSSR count). The Hall–Kier alpha value is -1.61. The number of imidazole rings is 1. The molecule has 0 bridgehead atoms. The molecule has 0 aliphatic heterocycles. The lowest BCUT2D eigenvalue weighted by Gasteiger charge is -2.16. The average molecular weight is 244 g/mol. The number of nitrogens with zero attached hydrogens (tertiary/aromatic N) is 2. The highest BCUT2D eigenvalue weighted by Crippen LogP contribution is 2.21. The molecular weight excluding hydrogens is 224 g/mol. The van der Waals surface area contributed by atoms with E-state index in [-0.39, 0.29) is 0 Å². The largest absolute Gasteiger partial charge is 0.386 e. The summed E-state index contributed by atoms with van der Waals surface area (Å²) in [5.41, 5.74) is 3.25. The van der Waals surface area contributed by atoms with Gasteiger partial charge >= 0.3 is 0 Å². The van der Waals surface area contributed by atoms with Crippen molar-refractivity contribution in [3.63, 3.8) is 0 Å². The summed E-state index contributed by atoms with van der Waals surface area (Å²) in [5, 5.41) is 10.3. The van der Waals surface area contributed by atoms with E-state index in [2.05, 4.69) is 37.9 Å². The molecule has 0 amide bonds. The second-order valence-electron chi connectivity index (χ2n) is 5.03. The molecule has 0 saturated heterocycles. The molecule has 1 N–H and O–H groups in total. The molecule has 0 aliphatic rings. The summed E-state index contributed by atoms with van der Waals surface area (Å²) in [6, 6.07) is 8.56. The van der Waals surface area contributed by atoms with Crippen molar-refractivity contribution in [2.75, 3.05) is 0 Å². The van der Waals surface area contributed by atoms with Crippen molar-refractivity contribution >= 4 is 0 Å². The SMILES string of the molecule is Cc1cccc(CC(O)c2cncn2C(C)C)c1. The van der Waals surface area contributed by atoms with Crippen LogP contribution in [0.4, 0.5) is 0 Å². The molecule has 1 aromatic carbocycles. The molecule has 18 heavy (non-hydrogen) atoms. The van der Waals surface area contributed by atoms with Crippen LogP contribution in [0.3, 0.4) is 0 Å². The van der Waals surface area contributed by atoms with Gasteiger partial charge in [0.2, 0.25) is 0 Å². The lowest BCUT2D eigenvalue weighted by Crippen LogP contribution is -2.11. The van der Waals surface area contributed by atoms with Crippen molar-refractivity contribution in [3.05, 3.63) is 53.6 Å². The van der Waals surface area contributed by atoms with Gasteiger partial charge in [-0.05, 0) is 26.3 Å². The lowest BCUT2D eigenvalue weighted by atomic mass is 10.0. The van der Waals surface area contributed by atoms with Crippen LogP contribution in [0.2, 0.25) is 0 Å². The zero-order valence-electron chi connectivity index (χ0n) is 11.2. The number of rotatable bonds is 4. The van der Waals surface area contributed by atoms with Crippen molar-refractivity contribution in [2.45, 2.75) is 39.3 Å². The maximum Gasteiger partial charge on any atom is 0.0996 e. The molecule has 0 fully saturated rings. The number of benzene rings is 1. The first-order valence-electron chi connectivity index (χ1n) is 6.33. The van der Waals surface area contributed by atoms with E-state index in [4.69, 9.17) is 0 Å². The van der Waals surface area contributed by atoms with Crippen molar-refractivity contribution in [2.24, 2.45) is 0 Å². The van der Waals surface area contributed by atoms with Crippen LogP contribution >= 0.6 is 0 Å². The van der Waals surface area contributed by atoms with Gasteiger partial charge in [-0.1, -0.05) is 29.8 Å². The number of hydrogen-bond acceptors (Lipinski definition) is 2. The smallest absolute Gasteiger partial charge is 0.0996 e. The van der Waals surface area contributed by atoms with Gasteiger partial charge in [0.25, 0.3) is 0 Å². The molecule has 3 heteroatoms. The number of aryl methyl sites for hydroxylation is 1. The van der Waals surface area contributed by atoms with Crippen LogP contribution in [-0.2, 0) is 6.42 Å². The van der Waals surface area contributed by atoms with Crippen LogP contribution in [0, 0.1) is 6.92 Å². The fourth-order valence-corrected chi connectivity index (χ4v) is 2.17. The van der Waals surface area contributed by atoms with Crippen LogP contribution in [0.15, 0.2) is 36.8 Å². The third-order valence-corrected chi connectivity index (χ3v) is 3.11. The van der Waals surface area contributed by atoms with Gasteiger partial charge in [0.15, 0.2) is 0 Å². The number of aliphatic hydroxyl groups is 1. The van der Waals surface area contributed by atoms with Gasteiger partial charge in [-0.3, -0.25) is 0 Å². The highest BCUT2D eigenvalue weighted by atomic mass is 16.3. The Morgan fingerprint density at radius 1 is 1.33 bits per heavy atom. The Morgan fingerprint density at radius 2 is 2.11 bits per heavy atom. The first-order valence-corrected chi connectivity index (χ1v) is 6.33. The number of aromatic nitrogens is 2. The fourth-order valence-electron chi connectivity index (χ4n) is 2.17. The van der Waals surface area contributed by atoms with Crippen LogP contribution < -0.4 is 0 Å². The maximum atomic E-state index is 10.3. The molecule has 1 unspecified atom stereocenters. The highest BCUT2D eigenvalue weighted by Gasteiger charge is 2.15. The molecular formula is C15H20N2O. The van der Waals surface area contributed by atoms with Crippen LogP contribution in [0.1, 0.15) is 42.8 Å². The molecule has 1 atom stereocenters. The quantitative estimate of drug-likeness (QED) is 0.897. The second kappa shape index (κ2) is 5.36. The molecule has 3 nitrogen and oxygen atoms in total. The Bertz CT molecular complexity index is 517. The predicted octanol–water partition coefficient (Wildman–Crippen LogP) is 3.05. The van der Waals surface area contributed by atoms with Crippen molar-refractivity contribution in [1.29, 1.82) is 0 Å². The number of hydrogen-bond donors (Lipinski definition) is 1. The minimum atomic E-state index is -0.503. The third-order valence-electron chi connectivity index (χ3n) is 3.11. The van der Waals surface area contributed by atoms with Crippen LogP contribution in [0.25, 0.3) is 0 Å². The maximum absolute atomic E-state index is 10.3. The number of aliphatic hydroxyl groups excluding tert-OH is 1. The molecule has 1 heterocycles. The lowest BCUT2D eigenvalue weighted by molar-refractivity contribution is 0.167. The standard InChI is InChI=1S/C15H20N2O/c1-11(2)17-10-16-9-14(17)15(18)8-13-6-4-5-12(3)7-13/h4-7,9-11,15,18H,8H2,1-3H3. The normalized spacial score (nSPS) is 12.9. The summed E-state index contributed by atoms with van der Waals surface area (Å²) < 4.78 is 2.01. The van der Waals surface area contributed by atoms with E-state index in [9.17, 15) is 5.11 Å². The summed E-state index contributed by atoms with van der Waals surface area (Å²) in [6.07, 6.45) is 3.65. The molecule has 0 aliphatic carbocycles. The molecule has 0 spiro atoms. The molecule has 0 radical (unpaired) electrons. The van der Waals surface area contributed by atoms with E-state index in [1.54, 1.807) is 12.5 Å². The summed E-state index contributed by atoms with van der Waals surface area (Å²) in [5.74, 6) is 0. The van der Waals surface area contributed by atoms with Gasteiger partial charge in [-0.2, -0.15) is 0 Å². The Balaban J connectivity index is 2.17. The molecule has 2 aromatic rings. The molecule has 0 saturated carbocycles. The molecule has 1 aromatic heterocycles. The highest BCUT2D eigenvalue weighted by molar-refractivity contribution is 5.23.